The van der Waals surface area contributed by atoms with Crippen LogP contribution in [0.15, 0.2) is 57.7 Å². The van der Waals surface area contributed by atoms with Crippen LogP contribution in [0, 0.1) is 0 Å². The van der Waals surface area contributed by atoms with Gasteiger partial charge in [0.2, 0.25) is 0 Å². The molecule has 0 aliphatic carbocycles. The average Bonchev–Trinajstić information content (AvgIpc) is 3.05. The fourth-order valence-electron chi connectivity index (χ4n) is 3.67. The summed E-state index contributed by atoms with van der Waals surface area (Å²) in [5, 5.41) is 4.28. The standard InChI is InChI=1S/C21H15NO4/c1-24-16-9-13-14(10-17(16)25-2)22-20-18-12-6-4-3-5-11(12)7-8-15(18)26-21(23)19(13)20/h3-10,22H,1-2H3. The molecule has 2 heterocycles. The van der Waals surface area contributed by atoms with Gasteiger partial charge in [-0.3, -0.25) is 0 Å². The zero-order valence-corrected chi connectivity index (χ0v) is 14.3. The van der Waals surface area contributed by atoms with Crippen LogP contribution in [0.2, 0.25) is 0 Å². The van der Waals surface area contributed by atoms with Gasteiger partial charge in [-0.15, -0.1) is 0 Å². The summed E-state index contributed by atoms with van der Waals surface area (Å²) in [4.78, 5) is 16.1. The van der Waals surface area contributed by atoms with Gasteiger partial charge in [-0.25, -0.2) is 4.79 Å². The third-order valence-corrected chi connectivity index (χ3v) is 4.85. The minimum atomic E-state index is -0.374. The summed E-state index contributed by atoms with van der Waals surface area (Å²) in [6.45, 7) is 0. The van der Waals surface area contributed by atoms with Gasteiger partial charge in [0.05, 0.1) is 30.6 Å². The molecule has 0 saturated carbocycles. The van der Waals surface area contributed by atoms with E-state index in [2.05, 4.69) is 4.98 Å². The van der Waals surface area contributed by atoms with Gasteiger partial charge in [-0.2, -0.15) is 0 Å². The molecule has 0 spiro atoms. The Morgan fingerprint density at radius 1 is 0.885 bits per heavy atom. The zero-order valence-electron chi connectivity index (χ0n) is 14.3. The molecule has 0 saturated heterocycles. The van der Waals surface area contributed by atoms with Gasteiger partial charge in [0.25, 0.3) is 0 Å². The number of rotatable bonds is 2. The fraction of sp³-hybridized carbons (Fsp3) is 0.0952. The third-order valence-electron chi connectivity index (χ3n) is 4.85. The highest BCUT2D eigenvalue weighted by Crippen LogP contribution is 2.38. The maximum Gasteiger partial charge on any atom is 0.346 e. The molecule has 5 heteroatoms. The number of aromatic nitrogens is 1. The Kier molecular flexibility index (Phi) is 3.00. The maximum absolute atomic E-state index is 12.7. The Morgan fingerprint density at radius 2 is 1.65 bits per heavy atom. The Labute approximate surface area is 147 Å². The third kappa shape index (κ3) is 1.88. The van der Waals surface area contributed by atoms with Crippen molar-refractivity contribution in [1.82, 2.24) is 4.98 Å². The maximum atomic E-state index is 12.7. The first-order valence-corrected chi connectivity index (χ1v) is 8.23. The van der Waals surface area contributed by atoms with Gasteiger partial charge < -0.3 is 18.9 Å². The lowest BCUT2D eigenvalue weighted by Gasteiger charge is -2.06. The zero-order chi connectivity index (χ0) is 17.8. The molecule has 0 radical (unpaired) electrons. The van der Waals surface area contributed by atoms with E-state index < -0.39 is 0 Å². The summed E-state index contributed by atoms with van der Waals surface area (Å²) in [5.41, 5.74) is 1.75. The molecule has 0 aliphatic heterocycles. The number of nitrogens with one attached hydrogen (secondary N) is 1. The number of H-pyrrole nitrogens is 1. The predicted molar refractivity (Wildman–Crippen MR) is 102 cm³/mol. The van der Waals surface area contributed by atoms with Crippen LogP contribution < -0.4 is 15.1 Å². The van der Waals surface area contributed by atoms with Crippen molar-refractivity contribution >= 4 is 43.5 Å². The van der Waals surface area contributed by atoms with Crippen LogP contribution in [0.4, 0.5) is 0 Å². The Morgan fingerprint density at radius 3 is 2.46 bits per heavy atom. The van der Waals surface area contributed by atoms with Crippen LogP contribution in [0.1, 0.15) is 0 Å². The first kappa shape index (κ1) is 14.8. The number of ether oxygens (including phenoxy) is 2. The van der Waals surface area contributed by atoms with Crippen LogP contribution in [-0.2, 0) is 0 Å². The Hall–Kier alpha value is -3.47. The molecular weight excluding hydrogens is 330 g/mol. The second-order valence-corrected chi connectivity index (χ2v) is 6.18. The molecule has 2 aromatic heterocycles. The Balaban J connectivity index is 2.06. The molecule has 0 aliphatic rings. The number of hydrogen-bond donors (Lipinski definition) is 1. The van der Waals surface area contributed by atoms with E-state index in [9.17, 15) is 4.79 Å². The molecule has 128 valence electrons. The highest BCUT2D eigenvalue weighted by atomic mass is 16.5. The van der Waals surface area contributed by atoms with Crippen molar-refractivity contribution in [3.63, 3.8) is 0 Å². The van der Waals surface area contributed by atoms with Crippen LogP contribution in [-0.4, -0.2) is 19.2 Å². The van der Waals surface area contributed by atoms with Crippen LogP contribution in [0.5, 0.6) is 11.5 Å². The van der Waals surface area contributed by atoms with Crippen molar-refractivity contribution in [3.8, 4) is 11.5 Å². The molecule has 0 fully saturated rings. The number of methoxy groups -OCH3 is 2. The molecule has 0 amide bonds. The normalized spacial score (nSPS) is 11.6. The van der Waals surface area contributed by atoms with E-state index >= 15 is 0 Å². The van der Waals surface area contributed by atoms with E-state index in [-0.39, 0.29) is 5.63 Å². The number of benzene rings is 3. The van der Waals surface area contributed by atoms with E-state index in [4.69, 9.17) is 13.9 Å². The topological polar surface area (TPSA) is 64.5 Å². The molecule has 5 nitrogen and oxygen atoms in total. The molecule has 26 heavy (non-hydrogen) atoms. The van der Waals surface area contributed by atoms with Crippen molar-refractivity contribution < 1.29 is 13.9 Å². The van der Waals surface area contributed by atoms with E-state index in [1.165, 1.54) is 0 Å². The summed E-state index contributed by atoms with van der Waals surface area (Å²) < 4.78 is 16.4. The summed E-state index contributed by atoms with van der Waals surface area (Å²) in [6.07, 6.45) is 0. The van der Waals surface area contributed by atoms with Crippen molar-refractivity contribution in [2.45, 2.75) is 0 Å². The Bertz CT molecular complexity index is 1380. The fourth-order valence-corrected chi connectivity index (χ4v) is 3.67. The molecule has 5 rings (SSSR count). The SMILES string of the molecule is COc1cc2[nH]c3c(c(=O)oc4ccc5ccccc5c43)c2cc1OC. The van der Waals surface area contributed by atoms with E-state index in [0.717, 1.165) is 32.6 Å². The largest absolute Gasteiger partial charge is 0.493 e. The molecule has 5 aromatic rings. The highest BCUT2D eigenvalue weighted by molar-refractivity contribution is 6.22. The van der Waals surface area contributed by atoms with Gasteiger partial charge in [0.1, 0.15) is 5.58 Å². The highest BCUT2D eigenvalue weighted by Gasteiger charge is 2.18. The molecule has 0 atom stereocenters. The average molecular weight is 345 g/mol. The molecule has 3 aromatic carbocycles. The van der Waals surface area contributed by atoms with Crippen molar-refractivity contribution in [2.24, 2.45) is 0 Å². The van der Waals surface area contributed by atoms with Crippen molar-refractivity contribution in [1.29, 1.82) is 0 Å². The first-order valence-electron chi connectivity index (χ1n) is 8.23. The number of hydrogen-bond acceptors (Lipinski definition) is 4. The monoisotopic (exact) mass is 345 g/mol. The summed E-state index contributed by atoms with van der Waals surface area (Å²) >= 11 is 0. The predicted octanol–water partition coefficient (Wildman–Crippen LogP) is 4.60. The molecule has 1 N–H and O–H groups in total. The smallest absolute Gasteiger partial charge is 0.346 e. The number of aromatic amines is 1. The van der Waals surface area contributed by atoms with Gasteiger partial charge in [0, 0.05) is 16.8 Å². The van der Waals surface area contributed by atoms with Gasteiger partial charge >= 0.3 is 5.63 Å². The minimum Gasteiger partial charge on any atom is -0.493 e. The molecular formula is C21H15NO4. The lowest BCUT2D eigenvalue weighted by atomic mass is 10.0. The van der Waals surface area contributed by atoms with E-state index in [1.54, 1.807) is 20.3 Å². The number of fused-ring (bicyclic) bond motifs is 7. The van der Waals surface area contributed by atoms with E-state index in [1.807, 2.05) is 42.5 Å². The summed E-state index contributed by atoms with van der Waals surface area (Å²) in [6, 6.07) is 15.5. The van der Waals surface area contributed by atoms with E-state index in [0.29, 0.717) is 22.5 Å². The van der Waals surface area contributed by atoms with Gasteiger partial charge in [-0.05, 0) is 22.9 Å². The minimum absolute atomic E-state index is 0.374. The van der Waals surface area contributed by atoms with Crippen LogP contribution in [0.25, 0.3) is 43.5 Å². The van der Waals surface area contributed by atoms with Gasteiger partial charge in [0.15, 0.2) is 11.5 Å². The van der Waals surface area contributed by atoms with Crippen LogP contribution in [0.3, 0.4) is 0 Å². The lowest BCUT2D eigenvalue weighted by molar-refractivity contribution is 0.356. The van der Waals surface area contributed by atoms with Gasteiger partial charge in [-0.1, -0.05) is 30.3 Å². The second-order valence-electron chi connectivity index (χ2n) is 6.18. The summed E-state index contributed by atoms with van der Waals surface area (Å²) in [5.74, 6) is 1.17. The quantitative estimate of drug-likeness (QED) is 0.375. The van der Waals surface area contributed by atoms with Crippen LogP contribution >= 0.6 is 0 Å². The molecule has 0 unspecified atom stereocenters. The van der Waals surface area contributed by atoms with Crippen molar-refractivity contribution in [2.75, 3.05) is 14.2 Å². The first-order chi connectivity index (χ1) is 12.7. The molecule has 0 bridgehead atoms. The summed E-state index contributed by atoms with van der Waals surface area (Å²) in [7, 11) is 3.16. The van der Waals surface area contributed by atoms with Crippen molar-refractivity contribution in [3.05, 3.63) is 59.0 Å². The second kappa shape index (κ2) is 5.26. The lowest BCUT2D eigenvalue weighted by Crippen LogP contribution is -1.99.